The molecule has 0 aromatic heterocycles. The van der Waals surface area contributed by atoms with E-state index in [9.17, 15) is 0 Å². The van der Waals surface area contributed by atoms with Gasteiger partial charge in [-0.25, -0.2) is 4.99 Å². The summed E-state index contributed by atoms with van der Waals surface area (Å²) < 4.78 is 0. The quantitative estimate of drug-likeness (QED) is 0.344. The summed E-state index contributed by atoms with van der Waals surface area (Å²) in [6.07, 6.45) is 1.44. The lowest BCUT2D eigenvalue weighted by molar-refractivity contribution is -0.625. The summed E-state index contributed by atoms with van der Waals surface area (Å²) in [6.45, 7) is 3.95. The summed E-state index contributed by atoms with van der Waals surface area (Å²) in [6, 6.07) is 0. The largest absolute Gasteiger partial charge is 0.330 e. The van der Waals surface area contributed by atoms with Crippen LogP contribution in [0.25, 0.3) is 0 Å². The monoisotopic (exact) mass is 100 g/mol. The first-order chi connectivity index (χ1) is 3.41. The fourth-order valence-electron chi connectivity index (χ4n) is 0.210. The van der Waals surface area contributed by atoms with E-state index < -0.39 is 0 Å². The number of aliphatic imine (C=N–C) groups is 2. The van der Waals surface area contributed by atoms with Crippen molar-refractivity contribution in [3.05, 3.63) is 0 Å². The minimum absolute atomic E-state index is 0.735. The number of quaternary nitrogens is 1. The Kier molecular flexibility index (Phi) is 4.77. The van der Waals surface area contributed by atoms with E-state index in [2.05, 4.69) is 16.7 Å². The van der Waals surface area contributed by atoms with Gasteiger partial charge in [-0.15, -0.1) is 0 Å². The van der Waals surface area contributed by atoms with Gasteiger partial charge >= 0.3 is 0 Å². The van der Waals surface area contributed by atoms with Gasteiger partial charge in [-0.3, -0.25) is 4.99 Å². The van der Waals surface area contributed by atoms with E-state index in [-0.39, 0.29) is 0 Å². The van der Waals surface area contributed by atoms with Crippen LogP contribution in [0.3, 0.4) is 0 Å². The third-order valence-electron chi connectivity index (χ3n) is 0.451. The Morgan fingerprint density at radius 3 is 3.00 bits per heavy atom. The zero-order valence-corrected chi connectivity index (χ0v) is 4.46. The average Bonchev–Trinajstić information content (AvgIpc) is 1.69. The number of nitrogens with zero attached hydrogens (tertiary/aromatic N) is 2. The molecule has 0 bridgehead atoms. The summed E-state index contributed by atoms with van der Waals surface area (Å²) in [7, 11) is 1.94. The average molecular weight is 100 g/mol. The highest BCUT2D eigenvalue weighted by molar-refractivity contribution is 5.61. The molecule has 0 unspecified atom stereocenters. The van der Waals surface area contributed by atoms with Gasteiger partial charge in [0.15, 0.2) is 6.67 Å². The first kappa shape index (κ1) is 6.30. The fourth-order valence-corrected chi connectivity index (χ4v) is 0.210. The second kappa shape index (κ2) is 5.30. The van der Waals surface area contributed by atoms with Crippen molar-refractivity contribution >= 4 is 13.1 Å². The van der Waals surface area contributed by atoms with Crippen LogP contribution in [0.15, 0.2) is 9.98 Å². The maximum atomic E-state index is 3.80. The summed E-state index contributed by atoms with van der Waals surface area (Å²) in [5.41, 5.74) is 0. The summed E-state index contributed by atoms with van der Waals surface area (Å²) in [4.78, 5) is 7.21. The zero-order valence-electron chi connectivity index (χ0n) is 4.46. The molecular formula is C4H10N3+. The molecule has 0 saturated heterocycles. The van der Waals surface area contributed by atoms with E-state index in [0.717, 1.165) is 6.67 Å². The highest BCUT2D eigenvalue weighted by Crippen LogP contribution is 1.51. The Hall–Kier alpha value is -0.700. The third kappa shape index (κ3) is 5.30. The number of hydrogen-bond acceptors (Lipinski definition) is 1. The maximum absolute atomic E-state index is 3.80. The van der Waals surface area contributed by atoms with E-state index in [1.165, 1.54) is 6.34 Å². The molecule has 7 heavy (non-hydrogen) atoms. The summed E-state index contributed by atoms with van der Waals surface area (Å²) in [5.74, 6) is 0. The molecule has 3 nitrogen and oxygen atoms in total. The Bertz CT molecular complexity index is 67.3. The minimum Gasteiger partial charge on any atom is -0.330 e. The normalized spacial score (nSPS) is 9.86. The van der Waals surface area contributed by atoms with Gasteiger partial charge in [-0.2, -0.15) is 0 Å². The summed E-state index contributed by atoms with van der Waals surface area (Å²) >= 11 is 0. The molecule has 3 heteroatoms. The highest BCUT2D eigenvalue weighted by Gasteiger charge is 1.66. The Morgan fingerprint density at radius 2 is 2.57 bits per heavy atom. The fraction of sp³-hybridized carbons (Fsp3) is 0.500. The van der Waals surface area contributed by atoms with Crippen LogP contribution in [0.4, 0.5) is 0 Å². The smallest absolute Gasteiger partial charge is 0.171 e. The zero-order chi connectivity index (χ0) is 5.54. The van der Waals surface area contributed by atoms with E-state index in [4.69, 9.17) is 0 Å². The lowest BCUT2D eigenvalue weighted by Gasteiger charge is -1.79. The van der Waals surface area contributed by atoms with Crippen LogP contribution in [0.1, 0.15) is 0 Å². The van der Waals surface area contributed by atoms with Crippen molar-refractivity contribution in [2.75, 3.05) is 13.7 Å². The standard InChI is InChI=1S/C4H9N3/c1-5-3-7-4-6-2/h3,6H,1,4H2,2H3/p+1. The van der Waals surface area contributed by atoms with Crippen molar-refractivity contribution in [3.8, 4) is 0 Å². The molecule has 0 saturated carbocycles. The van der Waals surface area contributed by atoms with E-state index in [1.54, 1.807) is 0 Å². The molecule has 0 amide bonds. The van der Waals surface area contributed by atoms with Crippen molar-refractivity contribution in [1.82, 2.24) is 0 Å². The second-order valence-electron chi connectivity index (χ2n) is 1.07. The molecular weight excluding hydrogens is 90.1 g/mol. The van der Waals surface area contributed by atoms with Crippen molar-refractivity contribution in [3.63, 3.8) is 0 Å². The summed E-state index contributed by atoms with van der Waals surface area (Å²) in [5, 5.41) is 1.95. The Morgan fingerprint density at radius 1 is 1.86 bits per heavy atom. The van der Waals surface area contributed by atoms with Crippen LogP contribution in [0.5, 0.6) is 0 Å². The molecule has 0 aliphatic rings. The Balaban J connectivity index is 2.92. The van der Waals surface area contributed by atoms with Crippen LogP contribution in [0.2, 0.25) is 0 Å². The van der Waals surface area contributed by atoms with Crippen LogP contribution in [-0.2, 0) is 0 Å². The van der Waals surface area contributed by atoms with Crippen LogP contribution in [-0.4, -0.2) is 26.8 Å². The van der Waals surface area contributed by atoms with E-state index >= 15 is 0 Å². The van der Waals surface area contributed by atoms with Gasteiger partial charge in [-0.05, 0) is 6.72 Å². The number of nitrogens with two attached hydrogens (primary N) is 1. The minimum atomic E-state index is 0.735. The number of rotatable bonds is 3. The number of hydrogen-bond donors (Lipinski definition) is 1. The van der Waals surface area contributed by atoms with Crippen LogP contribution < -0.4 is 5.32 Å². The second-order valence-corrected chi connectivity index (χ2v) is 1.07. The van der Waals surface area contributed by atoms with Crippen molar-refractivity contribution in [2.45, 2.75) is 0 Å². The predicted octanol–water partition coefficient (Wildman–Crippen LogP) is -1.13. The molecule has 40 valence electrons. The van der Waals surface area contributed by atoms with E-state index in [0.29, 0.717) is 0 Å². The molecule has 0 fully saturated rings. The third-order valence-corrected chi connectivity index (χ3v) is 0.451. The van der Waals surface area contributed by atoms with Gasteiger partial charge in [-0.1, -0.05) is 0 Å². The first-order valence-electron chi connectivity index (χ1n) is 2.13. The Labute approximate surface area is 43.2 Å². The van der Waals surface area contributed by atoms with Crippen molar-refractivity contribution in [1.29, 1.82) is 0 Å². The van der Waals surface area contributed by atoms with Gasteiger partial charge in [0, 0.05) is 0 Å². The molecule has 0 heterocycles. The van der Waals surface area contributed by atoms with Crippen molar-refractivity contribution < 1.29 is 5.32 Å². The molecule has 0 atom stereocenters. The lowest BCUT2D eigenvalue weighted by Crippen LogP contribution is -2.79. The SMILES string of the molecule is C=NC=NC[NH2+]C. The van der Waals surface area contributed by atoms with Gasteiger partial charge in [0.25, 0.3) is 0 Å². The highest BCUT2D eigenvalue weighted by atomic mass is 15.0. The maximum Gasteiger partial charge on any atom is 0.171 e. The molecule has 0 rings (SSSR count). The lowest BCUT2D eigenvalue weighted by atomic mass is 11.0. The van der Waals surface area contributed by atoms with Gasteiger partial charge < -0.3 is 5.32 Å². The molecule has 0 aromatic carbocycles. The van der Waals surface area contributed by atoms with E-state index in [1.807, 2.05) is 12.4 Å². The van der Waals surface area contributed by atoms with Crippen molar-refractivity contribution in [2.24, 2.45) is 9.98 Å². The first-order valence-corrected chi connectivity index (χ1v) is 2.13. The van der Waals surface area contributed by atoms with Crippen LogP contribution >= 0.6 is 0 Å². The predicted molar refractivity (Wildman–Crippen MR) is 30.8 cm³/mol. The molecule has 0 spiro atoms. The van der Waals surface area contributed by atoms with Gasteiger partial charge in [0.1, 0.15) is 6.34 Å². The molecule has 0 aliphatic carbocycles. The van der Waals surface area contributed by atoms with Gasteiger partial charge in [0.05, 0.1) is 7.05 Å². The molecule has 0 aliphatic heterocycles. The topological polar surface area (TPSA) is 41.3 Å². The van der Waals surface area contributed by atoms with Crippen LogP contribution in [0, 0.1) is 0 Å². The molecule has 0 aromatic rings. The molecule has 2 N–H and O–H groups in total. The molecule has 0 radical (unpaired) electrons. The van der Waals surface area contributed by atoms with Gasteiger partial charge in [0.2, 0.25) is 0 Å².